The fourth-order valence-electron chi connectivity index (χ4n) is 3.26. The molecule has 1 amide bonds. The second kappa shape index (κ2) is 9.40. The molecule has 31 heavy (non-hydrogen) atoms. The van der Waals surface area contributed by atoms with Crippen LogP contribution >= 0.6 is 11.6 Å². The summed E-state index contributed by atoms with van der Waals surface area (Å²) in [6.07, 6.45) is 3.16. The predicted octanol–water partition coefficient (Wildman–Crippen LogP) is 3.22. The van der Waals surface area contributed by atoms with Crippen LogP contribution in [0.15, 0.2) is 40.9 Å². The van der Waals surface area contributed by atoms with Gasteiger partial charge in [-0.25, -0.2) is 4.39 Å². The van der Waals surface area contributed by atoms with Crippen molar-refractivity contribution in [2.24, 2.45) is 0 Å². The van der Waals surface area contributed by atoms with Crippen molar-refractivity contribution in [2.75, 3.05) is 13.2 Å². The number of halogens is 2. The fourth-order valence-corrected chi connectivity index (χ4v) is 3.38. The molecule has 4 rings (SSSR count). The van der Waals surface area contributed by atoms with E-state index in [1.165, 1.54) is 12.1 Å². The number of aryl methyl sites for hydroxylation is 1. The number of benzene rings is 1. The molecule has 3 aromatic rings. The van der Waals surface area contributed by atoms with Crippen molar-refractivity contribution in [3.05, 3.63) is 59.0 Å². The predicted molar refractivity (Wildman–Crippen MR) is 111 cm³/mol. The van der Waals surface area contributed by atoms with E-state index >= 15 is 0 Å². The second-order valence-corrected chi connectivity index (χ2v) is 7.71. The van der Waals surface area contributed by atoms with Crippen molar-refractivity contribution in [1.29, 1.82) is 0 Å². The van der Waals surface area contributed by atoms with Crippen molar-refractivity contribution in [3.63, 3.8) is 0 Å². The highest BCUT2D eigenvalue weighted by molar-refractivity contribution is 6.30. The number of nitrogens with one attached hydrogen (secondary N) is 2. The molecule has 0 radical (unpaired) electrons. The number of piperidine rings is 1. The van der Waals surface area contributed by atoms with Gasteiger partial charge in [-0.1, -0.05) is 11.6 Å². The summed E-state index contributed by atoms with van der Waals surface area (Å²) in [4.78, 5) is 16.4. The largest absolute Gasteiger partial charge is 0.484 e. The van der Waals surface area contributed by atoms with Crippen LogP contribution in [0.25, 0.3) is 11.5 Å². The Balaban J connectivity index is 1.24. The third-order valence-corrected chi connectivity index (χ3v) is 5.24. The van der Waals surface area contributed by atoms with Gasteiger partial charge in [0.05, 0.1) is 16.6 Å². The van der Waals surface area contributed by atoms with E-state index in [2.05, 4.69) is 25.8 Å². The molecular formula is C21H21ClFN5O3. The third-order valence-electron chi connectivity index (χ3n) is 4.94. The van der Waals surface area contributed by atoms with Crippen LogP contribution in [-0.4, -0.2) is 40.3 Å². The fraction of sp³-hybridized carbons (Fsp3) is 0.333. The molecule has 1 aliphatic heterocycles. The summed E-state index contributed by atoms with van der Waals surface area (Å²) in [5, 5.41) is 14.5. The Kier molecular flexibility index (Phi) is 6.43. The minimum Gasteiger partial charge on any atom is -0.484 e. The van der Waals surface area contributed by atoms with E-state index < -0.39 is 5.82 Å². The lowest BCUT2D eigenvalue weighted by Crippen LogP contribution is -2.48. The molecule has 0 bridgehead atoms. The molecule has 1 aliphatic rings. The molecule has 0 spiro atoms. The highest BCUT2D eigenvalue weighted by Crippen LogP contribution is 2.25. The van der Waals surface area contributed by atoms with Crippen LogP contribution in [0.2, 0.25) is 5.02 Å². The van der Waals surface area contributed by atoms with E-state index in [1.54, 1.807) is 6.20 Å². The molecule has 2 atom stereocenters. The van der Waals surface area contributed by atoms with E-state index in [0.29, 0.717) is 18.3 Å². The maximum Gasteiger partial charge on any atom is 0.258 e. The van der Waals surface area contributed by atoms with Crippen LogP contribution in [0.5, 0.6) is 5.75 Å². The molecular weight excluding hydrogens is 425 g/mol. The minimum absolute atomic E-state index is 0.00327. The number of nitrogens with zero attached hydrogens (tertiary/aromatic N) is 3. The number of amides is 1. The smallest absolute Gasteiger partial charge is 0.258 e. The Hall–Kier alpha value is -3.04. The molecule has 3 heterocycles. The zero-order valence-electron chi connectivity index (χ0n) is 16.8. The summed E-state index contributed by atoms with van der Waals surface area (Å²) in [5.41, 5.74) is 1.68. The summed E-state index contributed by atoms with van der Waals surface area (Å²) in [5.74, 6) is 0.302. The first-order valence-corrected chi connectivity index (χ1v) is 10.2. The lowest BCUT2D eigenvalue weighted by atomic mass is 10.0. The highest BCUT2D eigenvalue weighted by atomic mass is 35.5. The van der Waals surface area contributed by atoms with Crippen molar-refractivity contribution >= 4 is 17.5 Å². The quantitative estimate of drug-likeness (QED) is 0.600. The van der Waals surface area contributed by atoms with Gasteiger partial charge in [0.2, 0.25) is 11.8 Å². The maximum absolute atomic E-state index is 13.4. The molecule has 8 nitrogen and oxygen atoms in total. The maximum atomic E-state index is 13.4. The van der Waals surface area contributed by atoms with Crippen LogP contribution in [0.3, 0.4) is 0 Å². The summed E-state index contributed by atoms with van der Waals surface area (Å²) < 4.78 is 24.5. The lowest BCUT2D eigenvalue weighted by Gasteiger charge is -2.28. The van der Waals surface area contributed by atoms with E-state index in [1.807, 2.05) is 19.1 Å². The van der Waals surface area contributed by atoms with Gasteiger partial charge in [0, 0.05) is 30.5 Å². The monoisotopic (exact) mass is 445 g/mol. The SMILES string of the molecule is Cc1ccc(-c2nnc([C@H]3CC[C@H](NC(=O)COc4ccc(Cl)c(F)c4)CN3)o2)cn1. The molecule has 1 saturated heterocycles. The van der Waals surface area contributed by atoms with Gasteiger partial charge in [0.25, 0.3) is 5.91 Å². The highest BCUT2D eigenvalue weighted by Gasteiger charge is 2.27. The van der Waals surface area contributed by atoms with Crippen LogP contribution < -0.4 is 15.4 Å². The first-order chi connectivity index (χ1) is 15.0. The first-order valence-electron chi connectivity index (χ1n) is 9.85. The van der Waals surface area contributed by atoms with Crippen LogP contribution in [0, 0.1) is 12.7 Å². The van der Waals surface area contributed by atoms with Crippen molar-refractivity contribution in [2.45, 2.75) is 31.8 Å². The third kappa shape index (κ3) is 5.36. The standard InChI is InChI=1S/C21H21ClFN5O3/c1-12-2-3-13(9-24-12)20-27-28-21(31-20)18-7-4-14(10-25-18)26-19(29)11-30-15-5-6-16(22)17(23)8-15/h2-3,5-6,8-9,14,18,25H,4,7,10-11H2,1H3,(H,26,29)/t14-,18+/m0/s1. The van der Waals surface area contributed by atoms with Crippen molar-refractivity contribution in [3.8, 4) is 17.2 Å². The molecule has 162 valence electrons. The molecule has 0 aliphatic carbocycles. The summed E-state index contributed by atoms with van der Waals surface area (Å²) >= 11 is 5.63. The van der Waals surface area contributed by atoms with Gasteiger partial charge in [0.1, 0.15) is 11.6 Å². The molecule has 1 fully saturated rings. The van der Waals surface area contributed by atoms with Crippen LogP contribution in [0.1, 0.15) is 30.5 Å². The Bertz CT molecular complexity index is 1050. The Morgan fingerprint density at radius 1 is 1.32 bits per heavy atom. The number of aromatic nitrogens is 3. The summed E-state index contributed by atoms with van der Waals surface area (Å²) in [6, 6.07) is 7.68. The van der Waals surface area contributed by atoms with Crippen LogP contribution in [-0.2, 0) is 4.79 Å². The summed E-state index contributed by atoms with van der Waals surface area (Å²) in [7, 11) is 0. The molecule has 0 unspecified atom stereocenters. The Morgan fingerprint density at radius 3 is 2.90 bits per heavy atom. The molecule has 0 saturated carbocycles. The molecule has 2 aromatic heterocycles. The Morgan fingerprint density at radius 2 is 2.19 bits per heavy atom. The number of rotatable bonds is 6. The number of hydrogen-bond donors (Lipinski definition) is 2. The van der Waals surface area contributed by atoms with Gasteiger partial charge in [-0.15, -0.1) is 10.2 Å². The van der Waals surface area contributed by atoms with E-state index in [0.717, 1.165) is 30.2 Å². The van der Waals surface area contributed by atoms with E-state index in [-0.39, 0.29) is 35.4 Å². The second-order valence-electron chi connectivity index (χ2n) is 7.30. The lowest BCUT2D eigenvalue weighted by molar-refractivity contribution is -0.124. The zero-order valence-corrected chi connectivity index (χ0v) is 17.5. The Labute approximate surface area is 183 Å². The topological polar surface area (TPSA) is 102 Å². The van der Waals surface area contributed by atoms with Crippen LogP contribution in [0.4, 0.5) is 4.39 Å². The molecule has 10 heteroatoms. The van der Waals surface area contributed by atoms with Crippen molar-refractivity contribution < 1.29 is 18.3 Å². The summed E-state index contributed by atoms with van der Waals surface area (Å²) in [6.45, 7) is 2.25. The molecule has 1 aromatic carbocycles. The first kappa shape index (κ1) is 21.2. The van der Waals surface area contributed by atoms with Gasteiger partial charge in [0.15, 0.2) is 6.61 Å². The number of pyridine rings is 1. The van der Waals surface area contributed by atoms with Gasteiger partial charge in [-0.3, -0.25) is 9.78 Å². The normalized spacial score (nSPS) is 18.5. The number of hydrogen-bond acceptors (Lipinski definition) is 7. The van der Waals surface area contributed by atoms with E-state index in [4.69, 9.17) is 20.8 Å². The average molecular weight is 446 g/mol. The van der Waals surface area contributed by atoms with Gasteiger partial charge < -0.3 is 19.8 Å². The van der Waals surface area contributed by atoms with Gasteiger partial charge >= 0.3 is 0 Å². The van der Waals surface area contributed by atoms with E-state index in [9.17, 15) is 9.18 Å². The van der Waals surface area contributed by atoms with Gasteiger partial charge in [-0.05, 0) is 44.0 Å². The zero-order chi connectivity index (χ0) is 21.8. The molecule has 2 N–H and O–H groups in total. The number of carbonyl (C=O) groups excluding carboxylic acids is 1. The number of ether oxygens (including phenoxy) is 1. The number of carbonyl (C=O) groups is 1. The minimum atomic E-state index is -0.593. The average Bonchev–Trinajstić information content (AvgIpc) is 3.26. The van der Waals surface area contributed by atoms with Gasteiger partial charge in [-0.2, -0.15) is 0 Å². The van der Waals surface area contributed by atoms with Crippen molar-refractivity contribution in [1.82, 2.24) is 25.8 Å².